The van der Waals surface area contributed by atoms with Gasteiger partial charge in [-0.15, -0.1) is 0 Å². The second-order valence-electron chi connectivity index (χ2n) is 17.0. The standard InChI is InChI=1S/C62H40N6/c1-6-20-41(21-7-1)52-39-53(42-22-8-2-9-23-42)64-61(63-52)45-34-35-58(51(36-45)62-65-54(43-24-10-3-11-25-43)40-55(66-62)44-26-12-4-13-27-44)68-57-33-19-17-31-48(57)50-37-59-49(38-60(50)68)47-30-16-18-32-56(47)67(59)46-28-14-5-15-29-46/h1-40H. The van der Waals surface area contributed by atoms with Crippen LogP contribution in [0.4, 0.5) is 0 Å². The van der Waals surface area contributed by atoms with Crippen molar-refractivity contribution in [3.05, 3.63) is 243 Å². The van der Waals surface area contributed by atoms with Crippen LogP contribution in [0.15, 0.2) is 243 Å². The lowest BCUT2D eigenvalue weighted by Gasteiger charge is -2.17. The fraction of sp³-hybridized carbons (Fsp3) is 0. The first-order chi connectivity index (χ1) is 33.7. The molecule has 0 bridgehead atoms. The molecular weight excluding hydrogens is 829 g/mol. The lowest BCUT2D eigenvalue weighted by molar-refractivity contribution is 1.13. The number of para-hydroxylation sites is 3. The fourth-order valence-electron chi connectivity index (χ4n) is 9.77. The molecule has 0 N–H and O–H groups in total. The maximum absolute atomic E-state index is 5.45. The van der Waals surface area contributed by atoms with Crippen molar-refractivity contribution in [2.45, 2.75) is 0 Å². The molecule has 0 atom stereocenters. The first-order valence-corrected chi connectivity index (χ1v) is 22.9. The molecule has 0 fully saturated rings. The van der Waals surface area contributed by atoms with Crippen LogP contribution in [0.1, 0.15) is 0 Å². The smallest absolute Gasteiger partial charge is 0.162 e. The molecule has 0 aliphatic rings. The van der Waals surface area contributed by atoms with Crippen LogP contribution in [0.25, 0.3) is 123 Å². The van der Waals surface area contributed by atoms with E-state index in [9.17, 15) is 0 Å². The topological polar surface area (TPSA) is 61.4 Å². The Morgan fingerprint density at radius 2 is 0.632 bits per heavy atom. The van der Waals surface area contributed by atoms with Crippen molar-refractivity contribution >= 4 is 43.6 Å². The van der Waals surface area contributed by atoms with Gasteiger partial charge in [-0.05, 0) is 66.7 Å². The molecular formula is C62H40N6. The number of fused-ring (bicyclic) bond motifs is 6. The van der Waals surface area contributed by atoms with Gasteiger partial charge in [-0.3, -0.25) is 0 Å². The highest BCUT2D eigenvalue weighted by atomic mass is 15.0. The van der Waals surface area contributed by atoms with Crippen molar-refractivity contribution in [2.75, 3.05) is 0 Å². The third kappa shape index (κ3) is 6.74. The lowest BCUT2D eigenvalue weighted by atomic mass is 10.0. The highest BCUT2D eigenvalue weighted by Crippen LogP contribution is 2.42. The van der Waals surface area contributed by atoms with Crippen LogP contribution in [-0.4, -0.2) is 29.1 Å². The van der Waals surface area contributed by atoms with Crippen molar-refractivity contribution in [1.29, 1.82) is 0 Å². The Balaban J connectivity index is 1.12. The van der Waals surface area contributed by atoms with Gasteiger partial charge < -0.3 is 9.13 Å². The molecule has 0 aliphatic carbocycles. The van der Waals surface area contributed by atoms with E-state index < -0.39 is 0 Å². The van der Waals surface area contributed by atoms with Crippen LogP contribution in [0.2, 0.25) is 0 Å². The predicted molar refractivity (Wildman–Crippen MR) is 279 cm³/mol. The minimum Gasteiger partial charge on any atom is -0.309 e. The average molecular weight is 869 g/mol. The Morgan fingerprint density at radius 1 is 0.250 bits per heavy atom. The molecule has 0 radical (unpaired) electrons. The summed E-state index contributed by atoms with van der Waals surface area (Å²) in [5.74, 6) is 1.20. The zero-order chi connectivity index (χ0) is 45.0. The fourth-order valence-corrected chi connectivity index (χ4v) is 9.77. The van der Waals surface area contributed by atoms with Crippen molar-refractivity contribution in [1.82, 2.24) is 29.1 Å². The van der Waals surface area contributed by atoms with E-state index in [1.807, 2.05) is 48.5 Å². The van der Waals surface area contributed by atoms with E-state index in [2.05, 4.69) is 203 Å². The van der Waals surface area contributed by atoms with Gasteiger partial charge in [0.1, 0.15) is 0 Å². The van der Waals surface area contributed by atoms with E-state index in [1.165, 1.54) is 10.8 Å². The quantitative estimate of drug-likeness (QED) is 0.153. The molecule has 68 heavy (non-hydrogen) atoms. The Kier molecular flexibility index (Phi) is 9.39. The van der Waals surface area contributed by atoms with E-state index in [0.29, 0.717) is 11.6 Å². The largest absolute Gasteiger partial charge is 0.309 e. The van der Waals surface area contributed by atoms with Crippen LogP contribution in [-0.2, 0) is 0 Å². The van der Waals surface area contributed by atoms with Gasteiger partial charge in [0.2, 0.25) is 0 Å². The molecule has 0 saturated carbocycles. The Hall–Kier alpha value is -9.26. The molecule has 0 unspecified atom stereocenters. The van der Waals surface area contributed by atoms with E-state index in [1.54, 1.807) is 0 Å². The van der Waals surface area contributed by atoms with E-state index >= 15 is 0 Å². The van der Waals surface area contributed by atoms with E-state index in [0.717, 1.165) is 100 Å². The van der Waals surface area contributed by atoms with Crippen LogP contribution in [0.5, 0.6) is 0 Å². The first-order valence-electron chi connectivity index (χ1n) is 22.9. The third-order valence-corrected chi connectivity index (χ3v) is 12.9. The van der Waals surface area contributed by atoms with Crippen molar-refractivity contribution in [2.24, 2.45) is 0 Å². The van der Waals surface area contributed by atoms with Crippen LogP contribution < -0.4 is 0 Å². The van der Waals surface area contributed by atoms with Gasteiger partial charge in [-0.25, -0.2) is 19.9 Å². The summed E-state index contributed by atoms with van der Waals surface area (Å²) < 4.78 is 4.78. The molecule has 9 aromatic carbocycles. The summed E-state index contributed by atoms with van der Waals surface area (Å²) in [6.45, 7) is 0. The highest BCUT2D eigenvalue weighted by Gasteiger charge is 2.23. The Morgan fingerprint density at radius 3 is 1.10 bits per heavy atom. The van der Waals surface area contributed by atoms with Crippen molar-refractivity contribution in [3.63, 3.8) is 0 Å². The first kappa shape index (κ1) is 39.1. The number of hydrogen-bond acceptors (Lipinski definition) is 4. The summed E-state index contributed by atoms with van der Waals surface area (Å²) >= 11 is 0. The molecule has 0 aliphatic heterocycles. The van der Waals surface area contributed by atoms with Gasteiger partial charge in [0.05, 0.1) is 50.5 Å². The zero-order valence-electron chi connectivity index (χ0n) is 36.8. The molecule has 0 saturated heterocycles. The van der Waals surface area contributed by atoms with Gasteiger partial charge in [-0.1, -0.05) is 176 Å². The van der Waals surface area contributed by atoms with Crippen LogP contribution in [0, 0.1) is 0 Å². The van der Waals surface area contributed by atoms with Crippen LogP contribution >= 0.6 is 0 Å². The summed E-state index contributed by atoms with van der Waals surface area (Å²) in [4.78, 5) is 21.5. The second-order valence-corrected chi connectivity index (χ2v) is 17.0. The summed E-state index contributed by atoms with van der Waals surface area (Å²) in [5, 5.41) is 4.67. The number of aromatic nitrogens is 6. The van der Waals surface area contributed by atoms with Gasteiger partial charge >= 0.3 is 0 Å². The minimum atomic E-state index is 0.595. The molecule has 0 amide bonds. The maximum Gasteiger partial charge on any atom is 0.162 e. The molecule has 0 spiro atoms. The molecule has 318 valence electrons. The van der Waals surface area contributed by atoms with Crippen molar-refractivity contribution in [3.8, 4) is 79.2 Å². The van der Waals surface area contributed by atoms with Gasteiger partial charge in [-0.2, -0.15) is 0 Å². The molecule has 4 heterocycles. The third-order valence-electron chi connectivity index (χ3n) is 12.9. The highest BCUT2D eigenvalue weighted by molar-refractivity contribution is 6.19. The van der Waals surface area contributed by atoms with E-state index in [-0.39, 0.29) is 0 Å². The molecule has 13 aromatic rings. The summed E-state index contributed by atoms with van der Waals surface area (Å²) in [6, 6.07) is 84.9. The monoisotopic (exact) mass is 868 g/mol. The summed E-state index contributed by atoms with van der Waals surface area (Å²) in [5.41, 5.74) is 15.6. The second kappa shape index (κ2) is 16.3. The molecule has 13 rings (SSSR count). The van der Waals surface area contributed by atoms with Gasteiger partial charge in [0, 0.05) is 60.6 Å². The minimum absolute atomic E-state index is 0.595. The lowest BCUT2D eigenvalue weighted by Crippen LogP contribution is -2.03. The number of benzene rings is 9. The van der Waals surface area contributed by atoms with E-state index in [4.69, 9.17) is 19.9 Å². The maximum atomic E-state index is 5.45. The van der Waals surface area contributed by atoms with Crippen LogP contribution in [0.3, 0.4) is 0 Å². The normalized spacial score (nSPS) is 11.5. The molecule has 6 heteroatoms. The SMILES string of the molecule is c1ccc(-c2cc(-c3ccccc3)nc(-c3ccc(-n4c5ccccc5c5cc6c(cc54)c4ccccc4n6-c4ccccc4)c(-c4nc(-c5ccccc5)cc(-c5ccccc5)n4)c3)n2)cc1. The Labute approximate surface area is 392 Å². The number of hydrogen-bond donors (Lipinski definition) is 0. The van der Waals surface area contributed by atoms with Gasteiger partial charge in [0.25, 0.3) is 0 Å². The predicted octanol–water partition coefficient (Wildman–Crippen LogP) is 15.5. The Bertz CT molecular complexity index is 3880. The van der Waals surface area contributed by atoms with Crippen molar-refractivity contribution < 1.29 is 0 Å². The number of nitrogens with zero attached hydrogens (tertiary/aromatic N) is 6. The average Bonchev–Trinajstić information content (AvgIpc) is 3.92. The molecule has 6 nitrogen and oxygen atoms in total. The summed E-state index contributed by atoms with van der Waals surface area (Å²) in [7, 11) is 0. The molecule has 4 aromatic heterocycles. The van der Waals surface area contributed by atoms with Gasteiger partial charge in [0.15, 0.2) is 11.6 Å². The number of rotatable bonds is 8. The zero-order valence-corrected chi connectivity index (χ0v) is 36.8. The summed E-state index contributed by atoms with van der Waals surface area (Å²) in [6.07, 6.45) is 0.